The summed E-state index contributed by atoms with van der Waals surface area (Å²) in [6.07, 6.45) is 2.15. The van der Waals surface area contributed by atoms with Crippen LogP contribution < -0.4 is 10.6 Å². The van der Waals surface area contributed by atoms with Gasteiger partial charge in [0.15, 0.2) is 0 Å². The first-order valence-corrected chi connectivity index (χ1v) is 6.85. The Morgan fingerprint density at radius 2 is 2.05 bits per heavy atom. The lowest BCUT2D eigenvalue weighted by Crippen LogP contribution is -2.42. The highest BCUT2D eigenvalue weighted by atomic mass is 19.1. The van der Waals surface area contributed by atoms with E-state index >= 15 is 0 Å². The van der Waals surface area contributed by atoms with E-state index in [0.717, 1.165) is 31.5 Å². The van der Waals surface area contributed by atoms with Gasteiger partial charge in [0.1, 0.15) is 5.82 Å². The summed E-state index contributed by atoms with van der Waals surface area (Å²) in [5, 5.41) is 6.29. The van der Waals surface area contributed by atoms with Crippen LogP contribution in [0, 0.1) is 18.7 Å². The van der Waals surface area contributed by atoms with Gasteiger partial charge in [0.05, 0.1) is 0 Å². The number of aryl methyl sites for hydroxylation is 1. The fraction of sp³-hybridized carbons (Fsp3) is 0.533. The number of benzene rings is 1. The van der Waals surface area contributed by atoms with Crippen LogP contribution in [0.4, 0.5) is 4.39 Å². The average molecular weight is 264 g/mol. The van der Waals surface area contributed by atoms with E-state index in [9.17, 15) is 9.18 Å². The zero-order chi connectivity index (χ0) is 13.8. The summed E-state index contributed by atoms with van der Waals surface area (Å²) >= 11 is 0. The molecule has 1 amide bonds. The average Bonchev–Trinajstić information content (AvgIpc) is 2.38. The van der Waals surface area contributed by atoms with Gasteiger partial charge in [-0.3, -0.25) is 4.79 Å². The first kappa shape index (κ1) is 14.0. The molecule has 104 valence electrons. The summed E-state index contributed by atoms with van der Waals surface area (Å²) in [6, 6.07) is 4.55. The van der Waals surface area contributed by atoms with E-state index in [4.69, 9.17) is 0 Å². The maximum absolute atomic E-state index is 13.3. The number of amides is 1. The van der Waals surface area contributed by atoms with E-state index in [-0.39, 0.29) is 17.8 Å². The normalized spacial score (nSPS) is 18.1. The summed E-state index contributed by atoms with van der Waals surface area (Å²) in [7, 11) is 0. The topological polar surface area (TPSA) is 41.1 Å². The summed E-state index contributed by atoms with van der Waals surface area (Å²) in [5.41, 5.74) is 1.16. The first-order valence-electron chi connectivity index (χ1n) is 6.85. The summed E-state index contributed by atoms with van der Waals surface area (Å²) < 4.78 is 13.3. The second kappa shape index (κ2) is 6.15. The predicted molar refractivity (Wildman–Crippen MR) is 73.7 cm³/mol. The van der Waals surface area contributed by atoms with Crippen molar-refractivity contribution >= 4 is 5.91 Å². The Kier molecular flexibility index (Phi) is 4.53. The van der Waals surface area contributed by atoms with Gasteiger partial charge in [-0.15, -0.1) is 0 Å². The van der Waals surface area contributed by atoms with E-state index in [1.165, 1.54) is 12.1 Å². The zero-order valence-electron chi connectivity index (χ0n) is 11.5. The zero-order valence-corrected chi connectivity index (χ0v) is 11.5. The Labute approximate surface area is 113 Å². The highest BCUT2D eigenvalue weighted by Crippen LogP contribution is 2.17. The molecule has 0 saturated carbocycles. The van der Waals surface area contributed by atoms with Crippen molar-refractivity contribution in [1.29, 1.82) is 0 Å². The summed E-state index contributed by atoms with van der Waals surface area (Å²) in [4.78, 5) is 12.1. The minimum atomic E-state index is -0.361. The van der Waals surface area contributed by atoms with Crippen LogP contribution in [0.3, 0.4) is 0 Å². The molecule has 3 nitrogen and oxygen atoms in total. The predicted octanol–water partition coefficient (Wildman–Crippen LogP) is 2.25. The monoisotopic (exact) mass is 264 g/mol. The van der Waals surface area contributed by atoms with Gasteiger partial charge in [-0.2, -0.15) is 0 Å². The third-order valence-corrected chi connectivity index (χ3v) is 3.75. The van der Waals surface area contributed by atoms with Gasteiger partial charge in [0, 0.05) is 11.6 Å². The fourth-order valence-electron chi connectivity index (χ4n) is 2.62. The van der Waals surface area contributed by atoms with Crippen molar-refractivity contribution in [1.82, 2.24) is 10.6 Å². The standard InChI is InChI=1S/C15H21FN2O/c1-10-7-13(9-14(16)8-10)15(19)18-11(2)12-3-5-17-6-4-12/h7-9,11-12,17H,3-6H2,1-2H3,(H,18,19). The second-order valence-electron chi connectivity index (χ2n) is 5.37. The maximum atomic E-state index is 13.3. The molecule has 2 rings (SSSR count). The van der Waals surface area contributed by atoms with Crippen molar-refractivity contribution in [2.45, 2.75) is 32.7 Å². The maximum Gasteiger partial charge on any atom is 0.251 e. The SMILES string of the molecule is Cc1cc(F)cc(C(=O)NC(C)C2CCNCC2)c1. The van der Waals surface area contributed by atoms with Crippen molar-refractivity contribution in [2.24, 2.45) is 5.92 Å². The van der Waals surface area contributed by atoms with Gasteiger partial charge in [-0.05, 0) is 69.5 Å². The molecule has 19 heavy (non-hydrogen) atoms. The van der Waals surface area contributed by atoms with Gasteiger partial charge in [0.2, 0.25) is 0 Å². The summed E-state index contributed by atoms with van der Waals surface area (Å²) in [6.45, 7) is 5.82. The van der Waals surface area contributed by atoms with Crippen molar-refractivity contribution in [2.75, 3.05) is 13.1 Å². The largest absolute Gasteiger partial charge is 0.349 e. The molecular weight excluding hydrogens is 243 g/mol. The fourth-order valence-corrected chi connectivity index (χ4v) is 2.62. The number of carbonyl (C=O) groups is 1. The lowest BCUT2D eigenvalue weighted by molar-refractivity contribution is 0.0920. The highest BCUT2D eigenvalue weighted by Gasteiger charge is 2.21. The number of rotatable bonds is 3. The van der Waals surface area contributed by atoms with Gasteiger partial charge in [-0.1, -0.05) is 0 Å². The third-order valence-electron chi connectivity index (χ3n) is 3.75. The quantitative estimate of drug-likeness (QED) is 0.879. The van der Waals surface area contributed by atoms with Crippen LogP contribution in [-0.4, -0.2) is 25.0 Å². The Morgan fingerprint density at radius 1 is 1.37 bits per heavy atom. The smallest absolute Gasteiger partial charge is 0.251 e. The second-order valence-corrected chi connectivity index (χ2v) is 5.37. The molecule has 0 bridgehead atoms. The van der Waals surface area contributed by atoms with Crippen LogP contribution in [0.2, 0.25) is 0 Å². The van der Waals surface area contributed by atoms with E-state index in [2.05, 4.69) is 10.6 Å². The molecular formula is C15H21FN2O. The molecule has 1 aliphatic rings. The molecule has 1 aromatic carbocycles. The third kappa shape index (κ3) is 3.77. The lowest BCUT2D eigenvalue weighted by atomic mass is 9.91. The van der Waals surface area contributed by atoms with Gasteiger partial charge < -0.3 is 10.6 Å². The molecule has 0 radical (unpaired) electrons. The van der Waals surface area contributed by atoms with Crippen LogP contribution in [0.1, 0.15) is 35.7 Å². The number of halogens is 1. The van der Waals surface area contributed by atoms with E-state index in [1.807, 2.05) is 6.92 Å². The van der Waals surface area contributed by atoms with E-state index in [0.29, 0.717) is 11.5 Å². The van der Waals surface area contributed by atoms with Crippen molar-refractivity contribution in [3.63, 3.8) is 0 Å². The minimum Gasteiger partial charge on any atom is -0.349 e. The highest BCUT2D eigenvalue weighted by molar-refractivity contribution is 5.94. The number of nitrogens with one attached hydrogen (secondary N) is 2. The van der Waals surface area contributed by atoms with Crippen LogP contribution >= 0.6 is 0 Å². The van der Waals surface area contributed by atoms with Crippen LogP contribution in [0.15, 0.2) is 18.2 Å². The van der Waals surface area contributed by atoms with E-state index in [1.54, 1.807) is 13.0 Å². The number of piperidine rings is 1. The molecule has 0 aliphatic carbocycles. The Morgan fingerprint density at radius 3 is 2.68 bits per heavy atom. The van der Waals surface area contributed by atoms with Crippen molar-refractivity contribution < 1.29 is 9.18 Å². The molecule has 0 spiro atoms. The van der Waals surface area contributed by atoms with Crippen molar-refractivity contribution in [3.8, 4) is 0 Å². The molecule has 1 aliphatic heterocycles. The van der Waals surface area contributed by atoms with E-state index < -0.39 is 0 Å². The van der Waals surface area contributed by atoms with Gasteiger partial charge >= 0.3 is 0 Å². The van der Waals surface area contributed by atoms with Crippen LogP contribution in [-0.2, 0) is 0 Å². The molecule has 1 saturated heterocycles. The Hall–Kier alpha value is -1.42. The molecule has 0 aromatic heterocycles. The minimum absolute atomic E-state index is 0.123. The molecule has 4 heteroatoms. The Bertz CT molecular complexity index is 435. The van der Waals surface area contributed by atoms with Crippen molar-refractivity contribution in [3.05, 3.63) is 35.1 Å². The number of hydrogen-bond acceptors (Lipinski definition) is 2. The molecule has 1 fully saturated rings. The molecule has 1 unspecified atom stereocenters. The summed E-state index contributed by atoms with van der Waals surface area (Å²) in [5.74, 6) is -0.0480. The van der Waals surface area contributed by atoms with Crippen LogP contribution in [0.5, 0.6) is 0 Å². The number of carbonyl (C=O) groups excluding carboxylic acids is 1. The first-order chi connectivity index (χ1) is 9.06. The van der Waals surface area contributed by atoms with Crippen LogP contribution in [0.25, 0.3) is 0 Å². The molecule has 1 heterocycles. The number of hydrogen-bond donors (Lipinski definition) is 2. The lowest BCUT2D eigenvalue weighted by Gasteiger charge is -2.28. The Balaban J connectivity index is 1.99. The molecule has 1 aromatic rings. The molecule has 1 atom stereocenters. The van der Waals surface area contributed by atoms with Gasteiger partial charge in [-0.25, -0.2) is 4.39 Å². The molecule has 2 N–H and O–H groups in total. The van der Waals surface area contributed by atoms with Gasteiger partial charge in [0.25, 0.3) is 5.91 Å².